The number of para-hydroxylation sites is 1. The first kappa shape index (κ1) is 6.83. The molecule has 0 amide bonds. The van der Waals surface area contributed by atoms with Gasteiger partial charge in [-0.05, 0) is 12.1 Å². The van der Waals surface area contributed by atoms with Gasteiger partial charge in [-0.25, -0.2) is 4.98 Å². The molecular weight excluding hydrogens is 164 g/mol. The molecule has 3 heteroatoms. The summed E-state index contributed by atoms with van der Waals surface area (Å²) >= 11 is 0. The summed E-state index contributed by atoms with van der Waals surface area (Å²) in [6, 6.07) is 7.49. The number of fused-ring (bicyclic) bond motifs is 2. The molecule has 1 aromatic heterocycles. The first-order chi connectivity index (χ1) is 6.36. The van der Waals surface area contributed by atoms with E-state index in [1.807, 2.05) is 24.3 Å². The number of rotatable bonds is 0. The largest absolute Gasteiger partial charge is 0.296 e. The SMILES string of the molecule is O=c1c2ccccc2nc2n1CC2. The highest BCUT2D eigenvalue weighted by atomic mass is 16.1. The van der Waals surface area contributed by atoms with E-state index in [2.05, 4.69) is 4.98 Å². The minimum absolute atomic E-state index is 0.104. The van der Waals surface area contributed by atoms with Crippen molar-refractivity contribution in [2.45, 2.75) is 13.0 Å². The van der Waals surface area contributed by atoms with E-state index in [9.17, 15) is 4.79 Å². The van der Waals surface area contributed by atoms with Crippen LogP contribution in [-0.2, 0) is 13.0 Å². The maximum absolute atomic E-state index is 11.7. The van der Waals surface area contributed by atoms with Gasteiger partial charge in [0.05, 0.1) is 10.9 Å². The van der Waals surface area contributed by atoms with Crippen molar-refractivity contribution >= 4 is 10.9 Å². The van der Waals surface area contributed by atoms with Gasteiger partial charge in [-0.3, -0.25) is 9.36 Å². The molecule has 3 nitrogen and oxygen atoms in total. The molecule has 1 aliphatic rings. The molecular formula is C10H8N2O. The Morgan fingerprint density at radius 3 is 2.92 bits per heavy atom. The molecule has 0 aliphatic carbocycles. The quantitative estimate of drug-likeness (QED) is 0.593. The van der Waals surface area contributed by atoms with Crippen LogP contribution in [-0.4, -0.2) is 9.55 Å². The summed E-state index contributed by atoms with van der Waals surface area (Å²) in [4.78, 5) is 16.1. The van der Waals surface area contributed by atoms with Crippen LogP contribution in [0.15, 0.2) is 29.1 Å². The van der Waals surface area contributed by atoms with Gasteiger partial charge in [0.25, 0.3) is 5.56 Å². The van der Waals surface area contributed by atoms with Crippen molar-refractivity contribution in [3.8, 4) is 0 Å². The van der Waals surface area contributed by atoms with E-state index in [1.54, 1.807) is 4.57 Å². The second kappa shape index (κ2) is 2.19. The van der Waals surface area contributed by atoms with E-state index in [1.165, 1.54) is 0 Å². The monoisotopic (exact) mass is 172 g/mol. The van der Waals surface area contributed by atoms with Crippen molar-refractivity contribution in [2.75, 3.05) is 0 Å². The first-order valence-corrected chi connectivity index (χ1v) is 4.35. The smallest absolute Gasteiger partial charge is 0.261 e. The summed E-state index contributed by atoms with van der Waals surface area (Å²) in [7, 11) is 0. The third-order valence-corrected chi connectivity index (χ3v) is 2.50. The molecule has 1 aliphatic heterocycles. The van der Waals surface area contributed by atoms with Gasteiger partial charge >= 0.3 is 0 Å². The van der Waals surface area contributed by atoms with Crippen molar-refractivity contribution in [1.29, 1.82) is 0 Å². The lowest BCUT2D eigenvalue weighted by Gasteiger charge is -2.20. The van der Waals surface area contributed by atoms with Crippen LogP contribution in [0.1, 0.15) is 5.82 Å². The van der Waals surface area contributed by atoms with Gasteiger partial charge in [0.2, 0.25) is 0 Å². The molecule has 0 N–H and O–H groups in total. The predicted molar refractivity (Wildman–Crippen MR) is 49.7 cm³/mol. The number of hydrogen-bond donors (Lipinski definition) is 0. The van der Waals surface area contributed by atoms with Crippen molar-refractivity contribution in [3.05, 3.63) is 40.4 Å². The zero-order valence-corrected chi connectivity index (χ0v) is 7.03. The van der Waals surface area contributed by atoms with Crippen LogP contribution < -0.4 is 5.56 Å². The molecule has 0 bridgehead atoms. The van der Waals surface area contributed by atoms with Gasteiger partial charge in [0.15, 0.2) is 0 Å². The topological polar surface area (TPSA) is 34.9 Å². The van der Waals surface area contributed by atoms with Crippen molar-refractivity contribution in [2.24, 2.45) is 0 Å². The molecule has 0 radical (unpaired) electrons. The van der Waals surface area contributed by atoms with Gasteiger partial charge in [0.1, 0.15) is 5.82 Å². The molecule has 3 rings (SSSR count). The predicted octanol–water partition coefficient (Wildman–Crippen LogP) is 0.953. The number of hydrogen-bond acceptors (Lipinski definition) is 2. The van der Waals surface area contributed by atoms with E-state index in [0.717, 1.165) is 29.7 Å². The summed E-state index contributed by atoms with van der Waals surface area (Å²) in [5.74, 6) is 0.920. The fraction of sp³-hybridized carbons (Fsp3) is 0.200. The first-order valence-electron chi connectivity index (χ1n) is 4.35. The van der Waals surface area contributed by atoms with E-state index < -0.39 is 0 Å². The lowest BCUT2D eigenvalue weighted by molar-refractivity contribution is 0.507. The van der Waals surface area contributed by atoms with E-state index >= 15 is 0 Å². The van der Waals surface area contributed by atoms with Crippen LogP contribution in [0.5, 0.6) is 0 Å². The average molecular weight is 172 g/mol. The van der Waals surface area contributed by atoms with Gasteiger partial charge in [-0.15, -0.1) is 0 Å². The lowest BCUT2D eigenvalue weighted by Crippen LogP contribution is -2.33. The Balaban J connectivity index is 2.56. The fourth-order valence-electron chi connectivity index (χ4n) is 1.70. The molecule has 1 aromatic carbocycles. The van der Waals surface area contributed by atoms with Gasteiger partial charge < -0.3 is 0 Å². The zero-order valence-electron chi connectivity index (χ0n) is 7.03. The summed E-state index contributed by atoms with van der Waals surface area (Å²) in [6.07, 6.45) is 0.931. The van der Waals surface area contributed by atoms with Crippen LogP contribution in [0.2, 0.25) is 0 Å². The normalized spacial score (nSPS) is 13.8. The molecule has 0 fully saturated rings. The summed E-state index contributed by atoms with van der Waals surface area (Å²) < 4.78 is 1.74. The second-order valence-corrected chi connectivity index (χ2v) is 3.25. The van der Waals surface area contributed by atoms with Crippen molar-refractivity contribution in [1.82, 2.24) is 9.55 Å². The fourth-order valence-corrected chi connectivity index (χ4v) is 1.70. The minimum Gasteiger partial charge on any atom is -0.296 e. The highest BCUT2D eigenvalue weighted by molar-refractivity contribution is 5.77. The van der Waals surface area contributed by atoms with Gasteiger partial charge in [0, 0.05) is 13.0 Å². The average Bonchev–Trinajstić information content (AvgIpc) is 2.11. The highest BCUT2D eigenvalue weighted by Crippen LogP contribution is 2.13. The van der Waals surface area contributed by atoms with Crippen LogP contribution in [0.25, 0.3) is 10.9 Å². The summed E-state index contributed by atoms with van der Waals surface area (Å²) in [5, 5.41) is 0.728. The number of nitrogens with zero attached hydrogens (tertiary/aromatic N) is 2. The van der Waals surface area contributed by atoms with Crippen molar-refractivity contribution < 1.29 is 0 Å². The van der Waals surface area contributed by atoms with Crippen LogP contribution in [0.4, 0.5) is 0 Å². The Bertz CT molecular complexity index is 542. The minimum atomic E-state index is 0.104. The van der Waals surface area contributed by atoms with E-state index in [-0.39, 0.29) is 5.56 Å². The Hall–Kier alpha value is -1.64. The maximum atomic E-state index is 11.7. The number of benzene rings is 1. The van der Waals surface area contributed by atoms with Crippen LogP contribution >= 0.6 is 0 Å². The van der Waals surface area contributed by atoms with Crippen LogP contribution in [0, 0.1) is 0 Å². The number of aromatic nitrogens is 2. The molecule has 0 saturated heterocycles. The molecule has 0 saturated carbocycles. The molecule has 0 atom stereocenters. The Labute approximate surface area is 74.6 Å². The van der Waals surface area contributed by atoms with Crippen LogP contribution in [0.3, 0.4) is 0 Å². The van der Waals surface area contributed by atoms with Crippen molar-refractivity contribution in [3.63, 3.8) is 0 Å². The van der Waals surface area contributed by atoms with Gasteiger partial charge in [-0.2, -0.15) is 0 Å². The molecule has 64 valence electrons. The zero-order chi connectivity index (χ0) is 8.84. The highest BCUT2D eigenvalue weighted by Gasteiger charge is 2.17. The summed E-state index contributed by atoms with van der Waals surface area (Å²) in [5.41, 5.74) is 0.922. The lowest BCUT2D eigenvalue weighted by atomic mass is 10.2. The molecule has 2 aromatic rings. The standard InChI is InChI=1S/C10H8N2O/c13-10-7-3-1-2-4-8(7)11-9-5-6-12(9)10/h1-4H,5-6H2. The summed E-state index contributed by atoms with van der Waals surface area (Å²) in [6.45, 7) is 0.825. The molecule has 0 spiro atoms. The Morgan fingerprint density at radius 2 is 2.15 bits per heavy atom. The molecule has 2 heterocycles. The van der Waals surface area contributed by atoms with Gasteiger partial charge in [-0.1, -0.05) is 12.1 Å². The Morgan fingerprint density at radius 1 is 1.31 bits per heavy atom. The van der Waals surface area contributed by atoms with E-state index in [4.69, 9.17) is 0 Å². The molecule has 0 unspecified atom stereocenters. The van der Waals surface area contributed by atoms with E-state index in [0.29, 0.717) is 0 Å². The second-order valence-electron chi connectivity index (χ2n) is 3.25. The number of aryl methyl sites for hydroxylation is 1. The molecule has 13 heavy (non-hydrogen) atoms. The third-order valence-electron chi connectivity index (χ3n) is 2.50. The maximum Gasteiger partial charge on any atom is 0.261 e. The Kier molecular flexibility index (Phi) is 1.15. The third kappa shape index (κ3) is 0.786.